The number of halogens is 1. The second-order valence-electron chi connectivity index (χ2n) is 5.40. The third-order valence-corrected chi connectivity index (χ3v) is 3.64. The summed E-state index contributed by atoms with van der Waals surface area (Å²) >= 11 is 5.97. The number of anilines is 1. The fourth-order valence-corrected chi connectivity index (χ4v) is 2.49. The van der Waals surface area contributed by atoms with Crippen molar-refractivity contribution in [3.63, 3.8) is 0 Å². The van der Waals surface area contributed by atoms with Gasteiger partial charge in [0, 0.05) is 17.3 Å². The molecule has 2 aromatic rings. The summed E-state index contributed by atoms with van der Waals surface area (Å²) in [5.74, 6) is -0.0197. The number of benzene rings is 2. The molecule has 2 rings (SSSR count). The van der Waals surface area contributed by atoms with Crippen molar-refractivity contribution in [2.45, 2.75) is 19.9 Å². The van der Waals surface area contributed by atoms with E-state index in [0.29, 0.717) is 18.1 Å². The van der Waals surface area contributed by atoms with Crippen molar-refractivity contribution < 1.29 is 4.79 Å². The summed E-state index contributed by atoms with van der Waals surface area (Å²) in [6.45, 7) is 3.13. The van der Waals surface area contributed by atoms with Gasteiger partial charge in [-0.25, -0.2) is 0 Å². The predicted molar refractivity (Wildman–Crippen MR) is 92.2 cm³/mol. The first-order chi connectivity index (χ1) is 10.6. The van der Waals surface area contributed by atoms with E-state index in [0.717, 1.165) is 17.7 Å². The molecule has 1 N–H and O–H groups in total. The van der Waals surface area contributed by atoms with Crippen molar-refractivity contribution in [3.8, 4) is 0 Å². The van der Waals surface area contributed by atoms with Gasteiger partial charge in [0.15, 0.2) is 0 Å². The molecule has 0 radical (unpaired) electrons. The number of carbonyl (C=O) groups excluding carboxylic acids is 1. The number of hydrogen-bond acceptors (Lipinski definition) is 2. The standard InChI is InChI=1S/C18H21ClN2O/c1-3-14-7-9-17(10-8-14)20-18(22)13-21(2)12-15-5-4-6-16(19)11-15/h4-11H,3,12-13H2,1-2H3,(H,20,22). The predicted octanol–water partition coefficient (Wildman–Crippen LogP) is 3.97. The highest BCUT2D eigenvalue weighted by atomic mass is 35.5. The van der Waals surface area contributed by atoms with E-state index in [-0.39, 0.29) is 5.91 Å². The number of aryl methyl sites for hydroxylation is 1. The van der Waals surface area contributed by atoms with Crippen molar-refractivity contribution >= 4 is 23.2 Å². The highest BCUT2D eigenvalue weighted by Crippen LogP contribution is 2.13. The average molecular weight is 317 g/mol. The molecule has 0 spiro atoms. The van der Waals surface area contributed by atoms with E-state index in [4.69, 9.17) is 11.6 Å². The first-order valence-corrected chi connectivity index (χ1v) is 7.76. The van der Waals surface area contributed by atoms with Gasteiger partial charge in [-0.2, -0.15) is 0 Å². The number of rotatable bonds is 6. The molecule has 0 aliphatic heterocycles. The Morgan fingerprint density at radius 2 is 1.86 bits per heavy atom. The van der Waals surface area contributed by atoms with Crippen LogP contribution in [0, 0.1) is 0 Å². The summed E-state index contributed by atoms with van der Waals surface area (Å²) in [7, 11) is 1.92. The molecule has 0 atom stereocenters. The second-order valence-corrected chi connectivity index (χ2v) is 5.84. The molecule has 116 valence electrons. The average Bonchev–Trinajstić information content (AvgIpc) is 2.47. The minimum absolute atomic E-state index is 0.0197. The lowest BCUT2D eigenvalue weighted by atomic mass is 10.1. The second kappa shape index (κ2) is 7.97. The molecule has 1 amide bonds. The molecule has 2 aromatic carbocycles. The van der Waals surface area contributed by atoms with Crippen LogP contribution in [0.1, 0.15) is 18.1 Å². The zero-order chi connectivity index (χ0) is 15.9. The molecule has 0 unspecified atom stereocenters. The van der Waals surface area contributed by atoms with Crippen molar-refractivity contribution in [2.75, 3.05) is 18.9 Å². The monoisotopic (exact) mass is 316 g/mol. The quantitative estimate of drug-likeness (QED) is 0.874. The van der Waals surface area contributed by atoms with Crippen molar-refractivity contribution in [2.24, 2.45) is 0 Å². The third kappa shape index (κ3) is 5.17. The molecule has 0 saturated carbocycles. The van der Waals surface area contributed by atoms with E-state index in [1.54, 1.807) is 0 Å². The molecule has 22 heavy (non-hydrogen) atoms. The molecule has 0 aromatic heterocycles. The summed E-state index contributed by atoms with van der Waals surface area (Å²) in [6, 6.07) is 15.6. The van der Waals surface area contributed by atoms with E-state index >= 15 is 0 Å². The smallest absolute Gasteiger partial charge is 0.238 e. The minimum Gasteiger partial charge on any atom is -0.325 e. The van der Waals surface area contributed by atoms with Crippen LogP contribution in [-0.4, -0.2) is 24.4 Å². The SMILES string of the molecule is CCc1ccc(NC(=O)CN(C)Cc2cccc(Cl)c2)cc1. The van der Waals surface area contributed by atoms with Gasteiger partial charge in [-0.15, -0.1) is 0 Å². The van der Waals surface area contributed by atoms with Crippen LogP contribution < -0.4 is 5.32 Å². The third-order valence-electron chi connectivity index (χ3n) is 3.40. The summed E-state index contributed by atoms with van der Waals surface area (Å²) in [4.78, 5) is 14.0. The molecule has 0 bridgehead atoms. The fraction of sp³-hybridized carbons (Fsp3) is 0.278. The van der Waals surface area contributed by atoms with Gasteiger partial charge in [0.1, 0.15) is 0 Å². The van der Waals surface area contributed by atoms with Gasteiger partial charge < -0.3 is 5.32 Å². The Morgan fingerprint density at radius 3 is 2.50 bits per heavy atom. The van der Waals surface area contributed by atoms with Gasteiger partial charge >= 0.3 is 0 Å². The van der Waals surface area contributed by atoms with Crippen LogP contribution in [0.5, 0.6) is 0 Å². The van der Waals surface area contributed by atoms with Gasteiger partial charge in [0.2, 0.25) is 5.91 Å². The van der Waals surface area contributed by atoms with Crippen LogP contribution in [0.2, 0.25) is 5.02 Å². The fourth-order valence-electron chi connectivity index (χ4n) is 2.27. The molecule has 4 heteroatoms. The van der Waals surface area contributed by atoms with Crippen LogP contribution in [0.15, 0.2) is 48.5 Å². The molecule has 0 aliphatic rings. The maximum Gasteiger partial charge on any atom is 0.238 e. The van der Waals surface area contributed by atoms with Crippen molar-refractivity contribution in [3.05, 3.63) is 64.7 Å². The highest BCUT2D eigenvalue weighted by molar-refractivity contribution is 6.30. The minimum atomic E-state index is -0.0197. The Hall–Kier alpha value is -1.84. The molecule has 0 saturated heterocycles. The van der Waals surface area contributed by atoms with E-state index in [2.05, 4.69) is 12.2 Å². The van der Waals surface area contributed by atoms with Crippen LogP contribution in [-0.2, 0) is 17.8 Å². The molecular formula is C18H21ClN2O. The lowest BCUT2D eigenvalue weighted by Gasteiger charge is -2.16. The van der Waals surface area contributed by atoms with Gasteiger partial charge in [0.25, 0.3) is 0 Å². The van der Waals surface area contributed by atoms with Gasteiger partial charge in [-0.3, -0.25) is 9.69 Å². The van der Waals surface area contributed by atoms with E-state index in [9.17, 15) is 4.79 Å². The van der Waals surface area contributed by atoms with E-state index in [1.165, 1.54) is 5.56 Å². The first-order valence-electron chi connectivity index (χ1n) is 7.38. The molecule has 3 nitrogen and oxygen atoms in total. The largest absolute Gasteiger partial charge is 0.325 e. The van der Waals surface area contributed by atoms with Gasteiger partial charge in [-0.05, 0) is 48.9 Å². The van der Waals surface area contributed by atoms with Crippen LogP contribution in [0.25, 0.3) is 0 Å². The van der Waals surface area contributed by atoms with Crippen molar-refractivity contribution in [1.82, 2.24) is 4.90 Å². The Morgan fingerprint density at radius 1 is 1.14 bits per heavy atom. The molecule has 0 aliphatic carbocycles. The topological polar surface area (TPSA) is 32.3 Å². The zero-order valence-corrected chi connectivity index (χ0v) is 13.7. The number of carbonyl (C=O) groups is 1. The number of amides is 1. The summed E-state index contributed by atoms with van der Waals surface area (Å²) in [6.07, 6.45) is 0.997. The number of hydrogen-bond donors (Lipinski definition) is 1. The van der Waals surface area contributed by atoms with Gasteiger partial charge in [0.05, 0.1) is 6.54 Å². The Labute approximate surface area is 136 Å². The maximum atomic E-state index is 12.1. The van der Waals surface area contributed by atoms with Gasteiger partial charge in [-0.1, -0.05) is 42.8 Å². The molecule has 0 fully saturated rings. The highest BCUT2D eigenvalue weighted by Gasteiger charge is 2.08. The summed E-state index contributed by atoms with van der Waals surface area (Å²) in [5.41, 5.74) is 3.18. The lowest BCUT2D eigenvalue weighted by molar-refractivity contribution is -0.117. The van der Waals surface area contributed by atoms with Crippen molar-refractivity contribution in [1.29, 1.82) is 0 Å². The van der Waals surface area contributed by atoms with Crippen LogP contribution in [0.4, 0.5) is 5.69 Å². The first kappa shape index (κ1) is 16.5. The Bertz CT molecular complexity index is 625. The number of likely N-dealkylation sites (N-methyl/N-ethyl adjacent to an activating group) is 1. The zero-order valence-electron chi connectivity index (χ0n) is 13.0. The number of nitrogens with zero attached hydrogens (tertiary/aromatic N) is 1. The van der Waals surface area contributed by atoms with E-state index in [1.807, 2.05) is 60.5 Å². The van der Waals surface area contributed by atoms with Crippen LogP contribution >= 0.6 is 11.6 Å². The normalized spacial score (nSPS) is 10.7. The lowest BCUT2D eigenvalue weighted by Crippen LogP contribution is -2.29. The maximum absolute atomic E-state index is 12.1. The summed E-state index contributed by atoms with van der Waals surface area (Å²) < 4.78 is 0. The number of nitrogens with one attached hydrogen (secondary N) is 1. The van der Waals surface area contributed by atoms with Crippen LogP contribution in [0.3, 0.4) is 0 Å². The molecule has 0 heterocycles. The molecular weight excluding hydrogens is 296 g/mol. The summed E-state index contributed by atoms with van der Waals surface area (Å²) in [5, 5.41) is 3.63. The Kier molecular flexibility index (Phi) is 5.99. The van der Waals surface area contributed by atoms with E-state index < -0.39 is 0 Å². The Balaban J connectivity index is 1.85.